The van der Waals surface area contributed by atoms with Gasteiger partial charge in [0.25, 0.3) is 11.8 Å². The number of carbonyl (C=O) groups is 2. The Hall–Kier alpha value is -1.90. The highest BCUT2D eigenvalue weighted by Crippen LogP contribution is 2.11. The third-order valence-corrected chi connectivity index (χ3v) is 2.34. The fourth-order valence-electron chi connectivity index (χ4n) is 1.49. The molecule has 1 aromatic rings. The maximum Gasteiger partial charge on any atom is 0.260 e. The van der Waals surface area contributed by atoms with Crippen molar-refractivity contribution in [2.24, 2.45) is 0 Å². The lowest BCUT2D eigenvalue weighted by Crippen LogP contribution is -2.42. The summed E-state index contributed by atoms with van der Waals surface area (Å²) in [5.41, 5.74) is 0.874. The normalized spacial score (nSPS) is 10.1. The highest BCUT2D eigenvalue weighted by molar-refractivity contribution is 6.09. The third-order valence-electron chi connectivity index (χ3n) is 2.34. The number of hydrogen-bond donors (Lipinski definition) is 0. The summed E-state index contributed by atoms with van der Waals surface area (Å²) >= 11 is 0. The molecule has 0 aliphatic rings. The molecule has 0 bridgehead atoms. The van der Waals surface area contributed by atoms with Gasteiger partial charge < -0.3 is 0 Å². The lowest BCUT2D eigenvalue weighted by atomic mass is 10.1. The summed E-state index contributed by atoms with van der Waals surface area (Å²) in [6, 6.07) is 8.59. The molecule has 3 heteroatoms. The number of rotatable bonds is 3. The summed E-state index contributed by atoms with van der Waals surface area (Å²) in [6.45, 7) is 8.81. The molecule has 0 aliphatic heterocycles. The average molecular weight is 231 g/mol. The van der Waals surface area contributed by atoms with Crippen LogP contribution < -0.4 is 0 Å². The fraction of sp³-hybridized carbons (Fsp3) is 0.286. The van der Waals surface area contributed by atoms with Crippen LogP contribution in [0.5, 0.6) is 0 Å². The van der Waals surface area contributed by atoms with Gasteiger partial charge in [0.1, 0.15) is 0 Å². The fourth-order valence-corrected chi connectivity index (χ4v) is 1.49. The first-order chi connectivity index (χ1) is 7.95. The minimum Gasteiger partial charge on any atom is -0.272 e. The quantitative estimate of drug-likeness (QED) is 0.750. The summed E-state index contributed by atoms with van der Waals surface area (Å²) in [6.07, 6.45) is 0. The van der Waals surface area contributed by atoms with Crippen molar-refractivity contribution in [2.75, 3.05) is 0 Å². The largest absolute Gasteiger partial charge is 0.272 e. The van der Waals surface area contributed by atoms with Gasteiger partial charge in [-0.1, -0.05) is 24.8 Å². The third kappa shape index (κ3) is 3.03. The molecule has 0 N–H and O–H groups in total. The Morgan fingerprint density at radius 2 is 1.71 bits per heavy atom. The topological polar surface area (TPSA) is 37.4 Å². The van der Waals surface area contributed by atoms with Crippen LogP contribution in [0.25, 0.3) is 0 Å². The molecule has 0 spiro atoms. The second kappa shape index (κ2) is 5.43. The highest BCUT2D eigenvalue weighted by Gasteiger charge is 2.25. The van der Waals surface area contributed by atoms with Crippen LogP contribution in [0.15, 0.2) is 42.5 Å². The molecule has 3 nitrogen and oxygen atoms in total. The minimum absolute atomic E-state index is 0.188. The monoisotopic (exact) mass is 231 g/mol. The van der Waals surface area contributed by atoms with Crippen molar-refractivity contribution < 1.29 is 9.59 Å². The van der Waals surface area contributed by atoms with Gasteiger partial charge >= 0.3 is 0 Å². The Morgan fingerprint density at radius 1 is 1.18 bits per heavy atom. The van der Waals surface area contributed by atoms with E-state index in [4.69, 9.17) is 0 Å². The zero-order valence-corrected chi connectivity index (χ0v) is 10.4. The predicted molar refractivity (Wildman–Crippen MR) is 67.6 cm³/mol. The van der Waals surface area contributed by atoms with Crippen LogP contribution in [0.1, 0.15) is 31.1 Å². The molecule has 1 rings (SSSR count). The average Bonchev–Trinajstić information content (AvgIpc) is 2.29. The highest BCUT2D eigenvalue weighted by atomic mass is 16.2. The van der Waals surface area contributed by atoms with Gasteiger partial charge in [-0.15, -0.1) is 0 Å². The van der Waals surface area contributed by atoms with Crippen molar-refractivity contribution in [3.8, 4) is 0 Å². The number of hydrogen-bond acceptors (Lipinski definition) is 2. The Bertz CT molecular complexity index is 435. The van der Waals surface area contributed by atoms with E-state index in [-0.39, 0.29) is 17.9 Å². The Morgan fingerprint density at radius 3 is 2.12 bits per heavy atom. The van der Waals surface area contributed by atoms with Crippen LogP contribution in [0.2, 0.25) is 0 Å². The molecule has 90 valence electrons. The molecule has 17 heavy (non-hydrogen) atoms. The Labute approximate surface area is 102 Å². The van der Waals surface area contributed by atoms with Crippen molar-refractivity contribution in [2.45, 2.75) is 26.8 Å². The summed E-state index contributed by atoms with van der Waals surface area (Å²) < 4.78 is 0. The van der Waals surface area contributed by atoms with E-state index in [2.05, 4.69) is 6.58 Å². The van der Waals surface area contributed by atoms with E-state index >= 15 is 0 Å². The van der Waals surface area contributed by atoms with Gasteiger partial charge in [-0.05, 0) is 32.9 Å². The van der Waals surface area contributed by atoms with Gasteiger partial charge in [0.05, 0.1) is 0 Å². The zero-order chi connectivity index (χ0) is 13.0. The number of imide groups is 1. The van der Waals surface area contributed by atoms with Gasteiger partial charge in [0.2, 0.25) is 0 Å². The molecule has 0 heterocycles. The van der Waals surface area contributed by atoms with Crippen molar-refractivity contribution in [3.63, 3.8) is 0 Å². The van der Waals surface area contributed by atoms with Crippen LogP contribution in [0.3, 0.4) is 0 Å². The molecule has 0 radical (unpaired) electrons. The standard InChI is InChI=1S/C14H17NO2/c1-10(2)13(16)15(11(3)4)14(17)12-8-6-5-7-9-12/h5-9,11H,1H2,2-4H3. The Balaban J connectivity index is 3.05. The van der Waals surface area contributed by atoms with Crippen LogP contribution >= 0.6 is 0 Å². The SMILES string of the molecule is C=C(C)C(=O)N(C(=O)c1ccccc1)C(C)C. The van der Waals surface area contributed by atoms with E-state index in [1.54, 1.807) is 31.2 Å². The zero-order valence-electron chi connectivity index (χ0n) is 10.4. The van der Waals surface area contributed by atoms with Gasteiger partial charge in [0.15, 0.2) is 0 Å². The number of benzene rings is 1. The first-order valence-electron chi connectivity index (χ1n) is 5.53. The summed E-state index contributed by atoms with van der Waals surface area (Å²) in [5, 5.41) is 0. The molecule has 2 amide bonds. The molecule has 0 atom stereocenters. The number of amides is 2. The molecular weight excluding hydrogens is 214 g/mol. The predicted octanol–water partition coefficient (Wildman–Crippen LogP) is 2.64. The van der Waals surface area contributed by atoms with E-state index in [1.807, 2.05) is 19.9 Å². The number of nitrogens with zero attached hydrogens (tertiary/aromatic N) is 1. The summed E-state index contributed by atoms with van der Waals surface area (Å²) in [4.78, 5) is 25.3. The lowest BCUT2D eigenvalue weighted by Gasteiger charge is -2.24. The van der Waals surface area contributed by atoms with E-state index < -0.39 is 0 Å². The molecule has 0 aromatic heterocycles. The van der Waals surface area contributed by atoms with Crippen molar-refractivity contribution >= 4 is 11.8 Å². The van der Waals surface area contributed by atoms with Crippen LogP contribution in [0.4, 0.5) is 0 Å². The van der Waals surface area contributed by atoms with Gasteiger partial charge in [-0.3, -0.25) is 14.5 Å². The summed E-state index contributed by atoms with van der Waals surface area (Å²) in [7, 11) is 0. The Kier molecular flexibility index (Phi) is 4.21. The maximum atomic E-state index is 12.2. The molecule has 0 unspecified atom stereocenters. The first kappa shape index (κ1) is 13.2. The molecular formula is C14H17NO2. The van der Waals surface area contributed by atoms with Crippen molar-refractivity contribution in [3.05, 3.63) is 48.0 Å². The van der Waals surface area contributed by atoms with Crippen LogP contribution in [0, 0.1) is 0 Å². The van der Waals surface area contributed by atoms with E-state index in [0.29, 0.717) is 11.1 Å². The summed E-state index contributed by atoms with van der Waals surface area (Å²) in [5.74, 6) is -0.609. The smallest absolute Gasteiger partial charge is 0.260 e. The van der Waals surface area contributed by atoms with Gasteiger partial charge in [-0.2, -0.15) is 0 Å². The van der Waals surface area contributed by atoms with Crippen LogP contribution in [-0.2, 0) is 4.79 Å². The van der Waals surface area contributed by atoms with E-state index in [0.717, 1.165) is 0 Å². The number of carbonyl (C=O) groups excluding carboxylic acids is 2. The van der Waals surface area contributed by atoms with E-state index in [1.165, 1.54) is 4.90 Å². The second-order valence-corrected chi connectivity index (χ2v) is 4.22. The lowest BCUT2D eigenvalue weighted by molar-refractivity contribution is -0.125. The molecule has 0 saturated heterocycles. The van der Waals surface area contributed by atoms with Crippen molar-refractivity contribution in [1.82, 2.24) is 4.90 Å². The van der Waals surface area contributed by atoms with Crippen LogP contribution in [-0.4, -0.2) is 22.8 Å². The molecule has 0 fully saturated rings. The van der Waals surface area contributed by atoms with Crippen molar-refractivity contribution in [1.29, 1.82) is 0 Å². The molecule has 0 aliphatic carbocycles. The van der Waals surface area contributed by atoms with E-state index in [9.17, 15) is 9.59 Å². The first-order valence-corrected chi connectivity index (χ1v) is 5.53. The second-order valence-electron chi connectivity index (χ2n) is 4.22. The molecule has 0 saturated carbocycles. The maximum absolute atomic E-state index is 12.2. The molecule has 1 aromatic carbocycles. The van der Waals surface area contributed by atoms with Gasteiger partial charge in [0, 0.05) is 17.2 Å². The van der Waals surface area contributed by atoms with Gasteiger partial charge in [-0.25, -0.2) is 0 Å². The minimum atomic E-state index is -0.325.